The summed E-state index contributed by atoms with van der Waals surface area (Å²) in [6.07, 6.45) is 1.69. The first kappa shape index (κ1) is 16.6. The number of guanidine groups is 1. The van der Waals surface area contributed by atoms with E-state index in [1.54, 1.807) is 19.4 Å². The second-order valence-corrected chi connectivity index (χ2v) is 4.89. The molecule has 0 aliphatic rings. The van der Waals surface area contributed by atoms with Crippen molar-refractivity contribution in [1.29, 1.82) is 0 Å². The summed E-state index contributed by atoms with van der Waals surface area (Å²) >= 11 is 7.56. The number of methoxy groups -OCH3 is 1. The van der Waals surface area contributed by atoms with E-state index in [0.717, 1.165) is 5.56 Å². The predicted molar refractivity (Wildman–Crippen MR) is 86.3 cm³/mol. The molecule has 2 aromatic rings. The summed E-state index contributed by atoms with van der Waals surface area (Å²) in [5.74, 6) is 0.982. The third-order valence-electron chi connectivity index (χ3n) is 2.37. The summed E-state index contributed by atoms with van der Waals surface area (Å²) in [4.78, 5) is 8.28. The average molecular weight is 333 g/mol. The molecular formula is C12H14Cl2N4OS. The molecule has 0 saturated carbocycles. The van der Waals surface area contributed by atoms with E-state index in [0.29, 0.717) is 22.4 Å². The third kappa shape index (κ3) is 4.26. The van der Waals surface area contributed by atoms with Crippen LogP contribution in [0, 0.1) is 0 Å². The minimum Gasteiger partial charge on any atom is -0.496 e. The summed E-state index contributed by atoms with van der Waals surface area (Å²) in [6.45, 7) is 0.340. The van der Waals surface area contributed by atoms with Gasteiger partial charge in [-0.25, -0.2) is 9.98 Å². The van der Waals surface area contributed by atoms with Crippen LogP contribution >= 0.6 is 35.3 Å². The van der Waals surface area contributed by atoms with Crippen LogP contribution in [0.2, 0.25) is 5.02 Å². The lowest BCUT2D eigenvalue weighted by molar-refractivity contribution is 0.410. The van der Waals surface area contributed by atoms with Crippen LogP contribution in [0.5, 0.6) is 5.75 Å². The van der Waals surface area contributed by atoms with E-state index < -0.39 is 0 Å². The van der Waals surface area contributed by atoms with E-state index in [9.17, 15) is 0 Å². The Labute approximate surface area is 132 Å². The molecule has 0 unspecified atom stereocenters. The number of benzene rings is 1. The van der Waals surface area contributed by atoms with Crippen LogP contribution in [0.1, 0.15) is 5.56 Å². The molecular weight excluding hydrogens is 319 g/mol. The fraction of sp³-hybridized carbons (Fsp3) is 0.167. The molecule has 0 spiro atoms. The van der Waals surface area contributed by atoms with Crippen LogP contribution in [-0.4, -0.2) is 18.1 Å². The lowest BCUT2D eigenvalue weighted by Crippen LogP contribution is -2.22. The van der Waals surface area contributed by atoms with Crippen LogP contribution < -0.4 is 15.8 Å². The fourth-order valence-corrected chi connectivity index (χ4v) is 2.24. The number of nitrogens with zero attached hydrogens (tertiary/aromatic N) is 2. The number of anilines is 1. The number of aliphatic imine (C=N–C) groups is 1. The molecule has 1 aromatic heterocycles. The number of ether oxygens (including phenoxy) is 1. The fourth-order valence-electron chi connectivity index (χ4n) is 1.48. The van der Waals surface area contributed by atoms with Crippen molar-refractivity contribution >= 4 is 46.4 Å². The zero-order chi connectivity index (χ0) is 13.7. The van der Waals surface area contributed by atoms with E-state index in [2.05, 4.69) is 15.3 Å². The van der Waals surface area contributed by atoms with Crippen molar-refractivity contribution in [3.05, 3.63) is 40.4 Å². The lowest BCUT2D eigenvalue weighted by Gasteiger charge is -2.08. The van der Waals surface area contributed by atoms with Crippen LogP contribution in [0.25, 0.3) is 0 Å². The van der Waals surface area contributed by atoms with Gasteiger partial charge in [0.25, 0.3) is 0 Å². The van der Waals surface area contributed by atoms with Crippen molar-refractivity contribution in [3.63, 3.8) is 0 Å². The Hall–Kier alpha value is -1.50. The number of nitrogens with one attached hydrogen (secondary N) is 1. The summed E-state index contributed by atoms with van der Waals surface area (Å²) < 4.78 is 5.24. The molecule has 1 aromatic carbocycles. The van der Waals surface area contributed by atoms with Crippen molar-refractivity contribution < 1.29 is 4.74 Å². The molecule has 20 heavy (non-hydrogen) atoms. The van der Waals surface area contributed by atoms with Gasteiger partial charge in [0.15, 0.2) is 11.1 Å². The largest absolute Gasteiger partial charge is 0.496 e. The van der Waals surface area contributed by atoms with Crippen molar-refractivity contribution in [2.45, 2.75) is 6.54 Å². The molecule has 5 nitrogen and oxygen atoms in total. The smallest absolute Gasteiger partial charge is 0.195 e. The molecule has 0 amide bonds. The van der Waals surface area contributed by atoms with Gasteiger partial charge in [-0.1, -0.05) is 17.7 Å². The SMILES string of the molecule is COc1cccc(Cl)c1CN=C(N)Nc1nccs1.Cl. The highest BCUT2D eigenvalue weighted by Gasteiger charge is 2.07. The predicted octanol–water partition coefficient (Wildman–Crippen LogP) is 3.15. The maximum Gasteiger partial charge on any atom is 0.195 e. The van der Waals surface area contributed by atoms with E-state index in [1.165, 1.54) is 11.3 Å². The van der Waals surface area contributed by atoms with E-state index in [1.807, 2.05) is 17.5 Å². The molecule has 8 heteroatoms. The maximum atomic E-state index is 6.11. The highest BCUT2D eigenvalue weighted by Crippen LogP contribution is 2.26. The van der Waals surface area contributed by atoms with Crippen molar-refractivity contribution in [2.75, 3.05) is 12.4 Å². The zero-order valence-corrected chi connectivity index (χ0v) is 13.1. The Balaban J connectivity index is 0.00000200. The molecule has 3 N–H and O–H groups in total. The van der Waals surface area contributed by atoms with Gasteiger partial charge in [-0.3, -0.25) is 0 Å². The molecule has 0 radical (unpaired) electrons. The Morgan fingerprint density at radius 3 is 3.00 bits per heavy atom. The molecule has 0 saturated heterocycles. The number of hydrogen-bond acceptors (Lipinski definition) is 4. The van der Waals surface area contributed by atoms with E-state index in [-0.39, 0.29) is 18.4 Å². The number of nitrogens with two attached hydrogens (primary N) is 1. The minimum atomic E-state index is 0. The third-order valence-corrected chi connectivity index (χ3v) is 3.41. The lowest BCUT2D eigenvalue weighted by atomic mass is 10.2. The van der Waals surface area contributed by atoms with Gasteiger partial charge >= 0.3 is 0 Å². The van der Waals surface area contributed by atoms with Crippen LogP contribution in [0.3, 0.4) is 0 Å². The molecule has 1 heterocycles. The Morgan fingerprint density at radius 1 is 1.55 bits per heavy atom. The highest BCUT2D eigenvalue weighted by molar-refractivity contribution is 7.13. The summed E-state index contributed by atoms with van der Waals surface area (Å²) in [6, 6.07) is 5.45. The highest BCUT2D eigenvalue weighted by atomic mass is 35.5. The normalized spacial score (nSPS) is 10.8. The van der Waals surface area contributed by atoms with Crippen molar-refractivity contribution in [3.8, 4) is 5.75 Å². The summed E-state index contributed by atoms with van der Waals surface area (Å²) in [5.41, 5.74) is 6.58. The van der Waals surface area contributed by atoms with Gasteiger partial charge in [-0.2, -0.15) is 0 Å². The molecule has 0 atom stereocenters. The number of hydrogen-bond donors (Lipinski definition) is 2. The molecule has 0 aliphatic carbocycles. The van der Waals surface area contributed by atoms with Gasteiger partial charge in [0.1, 0.15) is 5.75 Å². The molecule has 2 rings (SSSR count). The van der Waals surface area contributed by atoms with Crippen LogP contribution in [0.15, 0.2) is 34.8 Å². The monoisotopic (exact) mass is 332 g/mol. The minimum absolute atomic E-state index is 0. The molecule has 108 valence electrons. The number of rotatable bonds is 4. The first-order valence-corrected chi connectivity index (χ1v) is 6.74. The Morgan fingerprint density at radius 2 is 2.35 bits per heavy atom. The van der Waals surface area contributed by atoms with Crippen LogP contribution in [0.4, 0.5) is 5.13 Å². The summed E-state index contributed by atoms with van der Waals surface area (Å²) in [5, 5.41) is 6.06. The zero-order valence-electron chi connectivity index (χ0n) is 10.7. The molecule has 0 bridgehead atoms. The first-order chi connectivity index (χ1) is 9.20. The Bertz CT molecular complexity index is 575. The second kappa shape index (κ2) is 7.94. The van der Waals surface area contributed by atoms with Gasteiger partial charge in [-0.15, -0.1) is 23.7 Å². The van der Waals surface area contributed by atoms with E-state index >= 15 is 0 Å². The van der Waals surface area contributed by atoms with Crippen LogP contribution in [-0.2, 0) is 6.54 Å². The molecule has 0 fully saturated rings. The van der Waals surface area contributed by atoms with Crippen molar-refractivity contribution in [2.24, 2.45) is 10.7 Å². The number of halogens is 2. The van der Waals surface area contributed by atoms with Gasteiger partial charge in [0.05, 0.1) is 13.7 Å². The maximum absolute atomic E-state index is 6.11. The molecule has 0 aliphatic heterocycles. The second-order valence-electron chi connectivity index (χ2n) is 3.58. The quantitative estimate of drug-likeness (QED) is 0.666. The van der Waals surface area contributed by atoms with Gasteiger partial charge in [-0.05, 0) is 12.1 Å². The topological polar surface area (TPSA) is 72.5 Å². The number of thiazole rings is 1. The summed E-state index contributed by atoms with van der Waals surface area (Å²) in [7, 11) is 1.59. The first-order valence-electron chi connectivity index (χ1n) is 5.48. The van der Waals surface area contributed by atoms with Gasteiger partial charge < -0.3 is 15.8 Å². The Kier molecular flexibility index (Phi) is 6.57. The van der Waals surface area contributed by atoms with Gasteiger partial charge in [0.2, 0.25) is 0 Å². The van der Waals surface area contributed by atoms with E-state index in [4.69, 9.17) is 22.1 Å². The standard InChI is InChI=1S/C12H13ClN4OS.ClH/c1-18-10-4-2-3-9(13)8(10)7-16-11(14)17-12-15-5-6-19-12;/h2-6H,7H2,1H3,(H3,14,15,16,17);1H. The van der Waals surface area contributed by atoms with Gasteiger partial charge in [0, 0.05) is 22.2 Å². The number of aromatic nitrogens is 1. The van der Waals surface area contributed by atoms with Crippen molar-refractivity contribution in [1.82, 2.24) is 4.98 Å². The average Bonchev–Trinajstić information content (AvgIpc) is 2.89.